The Labute approximate surface area is 160 Å². The lowest BCUT2D eigenvalue weighted by Crippen LogP contribution is -1.93. The molecule has 0 bridgehead atoms. The zero-order valence-corrected chi connectivity index (χ0v) is 15.6. The van der Waals surface area contributed by atoms with E-state index in [4.69, 9.17) is 0 Å². The molecule has 0 aliphatic heterocycles. The molecule has 5 aromatic rings. The number of fused-ring (bicyclic) bond motifs is 3. The molecule has 124 valence electrons. The quantitative estimate of drug-likeness (QED) is 0.296. The summed E-state index contributed by atoms with van der Waals surface area (Å²) in [4.78, 5) is 0. The fourth-order valence-corrected chi connectivity index (χ4v) is 4.23. The second kappa shape index (κ2) is 6.15. The number of rotatable bonds is 2. The van der Waals surface area contributed by atoms with Crippen LogP contribution in [0, 0.1) is 0 Å². The molecule has 1 nitrogen and oxygen atoms in total. The summed E-state index contributed by atoms with van der Waals surface area (Å²) in [6, 6.07) is 34.3. The lowest BCUT2D eigenvalue weighted by atomic mass is 10.0. The monoisotopic (exact) mass is 397 g/mol. The smallest absolute Gasteiger partial charge is 0.0683 e. The van der Waals surface area contributed by atoms with Crippen molar-refractivity contribution in [3.05, 3.63) is 102 Å². The summed E-state index contributed by atoms with van der Waals surface area (Å²) in [5.41, 5.74) is 6.08. The van der Waals surface area contributed by atoms with E-state index in [-0.39, 0.29) is 0 Å². The van der Waals surface area contributed by atoms with Gasteiger partial charge in [0, 0.05) is 20.9 Å². The molecule has 0 aliphatic rings. The van der Waals surface area contributed by atoms with Crippen LogP contribution in [0.1, 0.15) is 0 Å². The maximum atomic E-state index is 3.77. The Morgan fingerprint density at radius 2 is 1.31 bits per heavy atom. The standard InChI is InChI=1S/C24H16BrN/c25-22-13-7-12-20-21-16-18(17-8-3-1-4-9-17)14-15-23(21)26(24(20)22)19-10-5-2-6-11-19/h1-16H. The summed E-state index contributed by atoms with van der Waals surface area (Å²) in [6.45, 7) is 0. The van der Waals surface area contributed by atoms with Crippen molar-refractivity contribution in [1.82, 2.24) is 4.57 Å². The van der Waals surface area contributed by atoms with Gasteiger partial charge in [-0.25, -0.2) is 0 Å². The van der Waals surface area contributed by atoms with E-state index in [9.17, 15) is 0 Å². The summed E-state index contributed by atoms with van der Waals surface area (Å²) in [5, 5.41) is 2.53. The summed E-state index contributed by atoms with van der Waals surface area (Å²) >= 11 is 3.77. The van der Waals surface area contributed by atoms with Crippen LogP contribution in [-0.2, 0) is 0 Å². The molecular formula is C24H16BrN. The first kappa shape index (κ1) is 15.4. The predicted octanol–water partition coefficient (Wildman–Crippen LogP) is 7.21. The topological polar surface area (TPSA) is 4.93 Å². The van der Waals surface area contributed by atoms with Gasteiger partial charge < -0.3 is 4.57 Å². The molecular weight excluding hydrogens is 382 g/mol. The van der Waals surface area contributed by atoms with Crippen molar-refractivity contribution < 1.29 is 0 Å². The molecule has 0 unspecified atom stereocenters. The number of hydrogen-bond acceptors (Lipinski definition) is 0. The number of nitrogens with zero attached hydrogens (tertiary/aromatic N) is 1. The fraction of sp³-hybridized carbons (Fsp3) is 0. The Kier molecular flexibility index (Phi) is 3.65. The molecule has 0 aliphatic carbocycles. The number of aromatic nitrogens is 1. The van der Waals surface area contributed by atoms with E-state index in [1.54, 1.807) is 0 Å². The molecule has 1 heterocycles. The Bertz CT molecular complexity index is 1220. The van der Waals surface area contributed by atoms with Gasteiger partial charge in [-0.15, -0.1) is 0 Å². The van der Waals surface area contributed by atoms with E-state index in [1.807, 2.05) is 0 Å². The Balaban J connectivity index is 1.89. The van der Waals surface area contributed by atoms with Crippen LogP contribution in [-0.4, -0.2) is 4.57 Å². The van der Waals surface area contributed by atoms with Gasteiger partial charge in [0.15, 0.2) is 0 Å². The van der Waals surface area contributed by atoms with Crippen LogP contribution in [0.2, 0.25) is 0 Å². The highest BCUT2D eigenvalue weighted by atomic mass is 79.9. The van der Waals surface area contributed by atoms with E-state index >= 15 is 0 Å². The average molecular weight is 398 g/mol. The van der Waals surface area contributed by atoms with Crippen LogP contribution < -0.4 is 0 Å². The van der Waals surface area contributed by atoms with E-state index in [2.05, 4.69) is 118 Å². The summed E-state index contributed by atoms with van der Waals surface area (Å²) < 4.78 is 3.44. The second-order valence-electron chi connectivity index (χ2n) is 6.40. The number of halogens is 1. The van der Waals surface area contributed by atoms with E-state index < -0.39 is 0 Å². The molecule has 0 saturated heterocycles. The average Bonchev–Trinajstić information content (AvgIpc) is 3.04. The highest BCUT2D eigenvalue weighted by Crippen LogP contribution is 2.37. The summed E-state index contributed by atoms with van der Waals surface area (Å²) in [5.74, 6) is 0. The van der Waals surface area contributed by atoms with Gasteiger partial charge in [0.25, 0.3) is 0 Å². The lowest BCUT2D eigenvalue weighted by Gasteiger charge is -2.09. The number of para-hydroxylation sites is 2. The molecule has 0 N–H and O–H groups in total. The zero-order chi connectivity index (χ0) is 17.5. The van der Waals surface area contributed by atoms with Gasteiger partial charge in [-0.2, -0.15) is 0 Å². The van der Waals surface area contributed by atoms with Gasteiger partial charge in [0.2, 0.25) is 0 Å². The number of benzene rings is 4. The first-order valence-electron chi connectivity index (χ1n) is 8.66. The molecule has 1 aromatic heterocycles. The summed E-state index contributed by atoms with van der Waals surface area (Å²) in [6.07, 6.45) is 0. The maximum Gasteiger partial charge on any atom is 0.0683 e. The third kappa shape index (κ3) is 2.38. The van der Waals surface area contributed by atoms with Crippen LogP contribution in [0.4, 0.5) is 0 Å². The van der Waals surface area contributed by atoms with Gasteiger partial charge in [-0.05, 0) is 57.4 Å². The molecule has 0 spiro atoms. The van der Waals surface area contributed by atoms with Crippen molar-refractivity contribution in [2.75, 3.05) is 0 Å². The first-order chi connectivity index (χ1) is 12.8. The van der Waals surface area contributed by atoms with Crippen molar-refractivity contribution in [3.8, 4) is 16.8 Å². The second-order valence-corrected chi connectivity index (χ2v) is 7.26. The molecule has 0 radical (unpaired) electrons. The van der Waals surface area contributed by atoms with Crippen LogP contribution in [0.3, 0.4) is 0 Å². The predicted molar refractivity (Wildman–Crippen MR) is 114 cm³/mol. The van der Waals surface area contributed by atoms with E-state index in [0.717, 1.165) is 4.47 Å². The molecule has 26 heavy (non-hydrogen) atoms. The van der Waals surface area contributed by atoms with Crippen LogP contribution in [0.5, 0.6) is 0 Å². The molecule has 4 aromatic carbocycles. The summed E-state index contributed by atoms with van der Waals surface area (Å²) in [7, 11) is 0. The number of hydrogen-bond donors (Lipinski definition) is 0. The molecule has 5 rings (SSSR count). The van der Waals surface area contributed by atoms with Gasteiger partial charge in [0.05, 0.1) is 11.0 Å². The third-order valence-electron chi connectivity index (χ3n) is 4.86. The van der Waals surface area contributed by atoms with E-state index in [1.165, 1.54) is 38.6 Å². The Morgan fingerprint density at radius 1 is 0.577 bits per heavy atom. The largest absolute Gasteiger partial charge is 0.308 e. The first-order valence-corrected chi connectivity index (χ1v) is 9.46. The third-order valence-corrected chi connectivity index (χ3v) is 5.50. The maximum absolute atomic E-state index is 3.77. The molecule has 0 amide bonds. The highest BCUT2D eigenvalue weighted by Gasteiger charge is 2.15. The van der Waals surface area contributed by atoms with E-state index in [0.29, 0.717) is 0 Å². The normalized spacial score (nSPS) is 11.3. The van der Waals surface area contributed by atoms with Crippen molar-refractivity contribution in [2.24, 2.45) is 0 Å². The zero-order valence-electron chi connectivity index (χ0n) is 14.1. The van der Waals surface area contributed by atoms with Gasteiger partial charge >= 0.3 is 0 Å². The Morgan fingerprint density at radius 3 is 2.08 bits per heavy atom. The van der Waals surface area contributed by atoms with Gasteiger partial charge in [0.1, 0.15) is 0 Å². The Hall–Kier alpha value is -2.84. The van der Waals surface area contributed by atoms with Crippen LogP contribution in [0.25, 0.3) is 38.6 Å². The van der Waals surface area contributed by atoms with Crippen molar-refractivity contribution >= 4 is 37.7 Å². The minimum absolute atomic E-state index is 1.11. The van der Waals surface area contributed by atoms with Crippen molar-refractivity contribution in [2.45, 2.75) is 0 Å². The van der Waals surface area contributed by atoms with Gasteiger partial charge in [-0.1, -0.05) is 66.7 Å². The minimum Gasteiger partial charge on any atom is -0.308 e. The molecule has 0 saturated carbocycles. The van der Waals surface area contributed by atoms with Crippen LogP contribution >= 0.6 is 15.9 Å². The fourth-order valence-electron chi connectivity index (χ4n) is 3.68. The lowest BCUT2D eigenvalue weighted by molar-refractivity contribution is 1.18. The van der Waals surface area contributed by atoms with Crippen molar-refractivity contribution in [1.29, 1.82) is 0 Å². The highest BCUT2D eigenvalue weighted by molar-refractivity contribution is 9.10. The SMILES string of the molecule is Brc1cccc2c3cc(-c4ccccc4)ccc3n(-c3ccccc3)c12. The minimum atomic E-state index is 1.11. The molecule has 0 fully saturated rings. The van der Waals surface area contributed by atoms with Crippen LogP contribution in [0.15, 0.2) is 102 Å². The van der Waals surface area contributed by atoms with Gasteiger partial charge in [-0.3, -0.25) is 0 Å². The van der Waals surface area contributed by atoms with Crippen molar-refractivity contribution in [3.63, 3.8) is 0 Å². The molecule has 0 atom stereocenters. The molecule has 2 heteroatoms.